The van der Waals surface area contributed by atoms with Gasteiger partial charge in [-0.3, -0.25) is 9.69 Å². The summed E-state index contributed by atoms with van der Waals surface area (Å²) in [4.78, 5) is 31.1. The number of hydrogen-bond acceptors (Lipinski definition) is 3. The molecule has 1 N–H and O–H groups in total. The number of piperidine rings is 1. The Morgan fingerprint density at radius 3 is 2.12 bits per heavy atom. The summed E-state index contributed by atoms with van der Waals surface area (Å²) in [5.74, 6) is 1.45. The molecule has 3 rings (SSSR count). The average molecular weight is 351 g/mol. The number of nitrogens with one attached hydrogen (secondary N) is 1. The van der Waals surface area contributed by atoms with E-state index < -0.39 is 0 Å². The van der Waals surface area contributed by atoms with Crippen molar-refractivity contribution in [1.82, 2.24) is 20.0 Å². The van der Waals surface area contributed by atoms with Crippen molar-refractivity contribution in [3.63, 3.8) is 0 Å². The Hall–Kier alpha value is -1.30. The lowest BCUT2D eigenvalue weighted by atomic mass is 9.92. The van der Waals surface area contributed by atoms with Gasteiger partial charge in [0, 0.05) is 45.3 Å². The van der Waals surface area contributed by atoms with Crippen molar-refractivity contribution in [3.05, 3.63) is 0 Å². The fourth-order valence-corrected chi connectivity index (χ4v) is 4.60. The topological polar surface area (TPSA) is 55.9 Å². The molecular formula is C19H34N4O2. The van der Waals surface area contributed by atoms with Crippen LogP contribution in [0.4, 0.5) is 4.79 Å². The summed E-state index contributed by atoms with van der Waals surface area (Å²) in [6, 6.07) is 0.451. The molecule has 3 fully saturated rings. The Balaban J connectivity index is 1.39. The molecule has 0 aromatic rings. The number of nitrogens with zero attached hydrogens (tertiary/aromatic N) is 3. The summed E-state index contributed by atoms with van der Waals surface area (Å²) >= 11 is 0. The predicted molar refractivity (Wildman–Crippen MR) is 98.3 cm³/mol. The van der Waals surface area contributed by atoms with E-state index in [1.807, 2.05) is 9.80 Å². The van der Waals surface area contributed by atoms with Gasteiger partial charge in [-0.05, 0) is 31.1 Å². The molecule has 25 heavy (non-hydrogen) atoms. The first-order valence-corrected chi connectivity index (χ1v) is 10.1. The van der Waals surface area contributed by atoms with E-state index in [4.69, 9.17) is 0 Å². The molecule has 1 saturated carbocycles. The van der Waals surface area contributed by atoms with Crippen molar-refractivity contribution in [2.75, 3.05) is 45.8 Å². The molecule has 0 aromatic carbocycles. The zero-order valence-electron chi connectivity index (χ0n) is 15.9. The van der Waals surface area contributed by atoms with Crippen molar-refractivity contribution in [3.8, 4) is 0 Å². The third kappa shape index (κ3) is 5.09. The lowest BCUT2D eigenvalue weighted by Gasteiger charge is -2.38. The van der Waals surface area contributed by atoms with Crippen LogP contribution in [0.25, 0.3) is 0 Å². The zero-order valence-corrected chi connectivity index (χ0v) is 15.9. The standard InChI is InChI=1S/C19H34N4O2/c1-15-11-16(2)13-23(12-15)18(24)14-21-7-9-22(10-8-21)19(25)20-17-5-3-4-6-17/h15-17H,3-14H2,1-2H3,(H,20,25). The number of carbonyl (C=O) groups excluding carboxylic acids is 2. The average Bonchev–Trinajstić information content (AvgIpc) is 3.07. The van der Waals surface area contributed by atoms with Crippen LogP contribution in [-0.2, 0) is 4.79 Å². The van der Waals surface area contributed by atoms with Gasteiger partial charge >= 0.3 is 6.03 Å². The van der Waals surface area contributed by atoms with Crippen molar-refractivity contribution >= 4 is 11.9 Å². The molecule has 2 heterocycles. The van der Waals surface area contributed by atoms with Crippen molar-refractivity contribution in [2.24, 2.45) is 11.8 Å². The maximum atomic E-state index is 12.6. The van der Waals surface area contributed by atoms with E-state index in [1.165, 1.54) is 19.3 Å². The van der Waals surface area contributed by atoms with Crippen LogP contribution in [0.2, 0.25) is 0 Å². The van der Waals surface area contributed by atoms with Gasteiger partial charge in [0.25, 0.3) is 0 Å². The van der Waals surface area contributed by atoms with Gasteiger partial charge in [-0.2, -0.15) is 0 Å². The van der Waals surface area contributed by atoms with Crippen LogP contribution in [0.3, 0.4) is 0 Å². The molecule has 6 heteroatoms. The normalized spacial score (nSPS) is 29.0. The number of hydrogen-bond donors (Lipinski definition) is 1. The number of urea groups is 1. The third-order valence-corrected chi connectivity index (χ3v) is 5.92. The minimum absolute atomic E-state index is 0.0801. The van der Waals surface area contributed by atoms with Gasteiger partial charge in [-0.1, -0.05) is 26.7 Å². The first kappa shape index (κ1) is 18.5. The Morgan fingerprint density at radius 1 is 0.920 bits per heavy atom. The summed E-state index contributed by atoms with van der Waals surface area (Å²) in [6.45, 7) is 9.79. The summed E-state index contributed by atoms with van der Waals surface area (Å²) < 4.78 is 0. The Kier molecular flexibility index (Phi) is 6.20. The maximum absolute atomic E-state index is 12.6. The summed E-state index contributed by atoms with van der Waals surface area (Å²) in [6.07, 6.45) is 5.92. The molecule has 2 aliphatic heterocycles. The molecule has 0 bridgehead atoms. The van der Waals surface area contributed by atoms with Crippen LogP contribution in [0.5, 0.6) is 0 Å². The molecule has 3 aliphatic rings. The molecule has 6 nitrogen and oxygen atoms in total. The van der Waals surface area contributed by atoms with E-state index >= 15 is 0 Å². The SMILES string of the molecule is CC1CC(C)CN(C(=O)CN2CCN(C(=O)NC3CCCC3)CC2)C1. The summed E-state index contributed by atoms with van der Waals surface area (Å²) in [5, 5.41) is 3.16. The zero-order chi connectivity index (χ0) is 17.8. The van der Waals surface area contributed by atoms with Gasteiger partial charge in [-0.15, -0.1) is 0 Å². The predicted octanol–water partition coefficient (Wildman–Crippen LogP) is 1.76. The van der Waals surface area contributed by atoms with E-state index in [9.17, 15) is 9.59 Å². The number of rotatable bonds is 3. The largest absolute Gasteiger partial charge is 0.341 e. The van der Waals surface area contributed by atoms with Gasteiger partial charge in [0.1, 0.15) is 0 Å². The third-order valence-electron chi connectivity index (χ3n) is 5.92. The molecule has 3 amide bonds. The first-order valence-electron chi connectivity index (χ1n) is 10.1. The minimum Gasteiger partial charge on any atom is -0.341 e. The monoisotopic (exact) mass is 350 g/mol. The highest BCUT2D eigenvalue weighted by Gasteiger charge is 2.29. The quantitative estimate of drug-likeness (QED) is 0.844. The van der Waals surface area contributed by atoms with Gasteiger partial charge < -0.3 is 15.1 Å². The second kappa shape index (κ2) is 8.39. The fraction of sp³-hybridized carbons (Fsp3) is 0.895. The molecule has 2 atom stereocenters. The van der Waals surface area contributed by atoms with Gasteiger partial charge in [0.05, 0.1) is 6.54 Å². The lowest BCUT2D eigenvalue weighted by Crippen LogP contribution is -2.55. The molecular weight excluding hydrogens is 316 g/mol. The highest BCUT2D eigenvalue weighted by atomic mass is 16.2. The van der Waals surface area contributed by atoms with E-state index in [2.05, 4.69) is 24.1 Å². The number of carbonyl (C=O) groups is 2. The van der Waals surface area contributed by atoms with Crippen molar-refractivity contribution in [2.45, 2.75) is 52.0 Å². The second-order valence-corrected chi connectivity index (χ2v) is 8.44. The molecule has 1 aliphatic carbocycles. The Bertz CT molecular complexity index is 460. The van der Waals surface area contributed by atoms with Crippen LogP contribution in [-0.4, -0.2) is 78.5 Å². The number of amides is 3. The molecule has 2 saturated heterocycles. The molecule has 142 valence electrons. The van der Waals surface area contributed by atoms with Crippen molar-refractivity contribution < 1.29 is 9.59 Å². The Morgan fingerprint density at radius 2 is 1.52 bits per heavy atom. The minimum atomic E-state index is 0.0801. The highest BCUT2D eigenvalue weighted by Crippen LogP contribution is 2.21. The second-order valence-electron chi connectivity index (χ2n) is 8.44. The van der Waals surface area contributed by atoms with Gasteiger partial charge in [0.2, 0.25) is 5.91 Å². The summed E-state index contributed by atoms with van der Waals surface area (Å²) in [5.41, 5.74) is 0. The molecule has 2 unspecified atom stereocenters. The van der Waals surface area contributed by atoms with E-state index in [0.717, 1.165) is 52.1 Å². The van der Waals surface area contributed by atoms with Crippen LogP contribution in [0, 0.1) is 11.8 Å². The van der Waals surface area contributed by atoms with Gasteiger partial charge in [0.15, 0.2) is 0 Å². The molecule has 0 spiro atoms. The smallest absolute Gasteiger partial charge is 0.317 e. The fourth-order valence-electron chi connectivity index (χ4n) is 4.60. The van der Waals surface area contributed by atoms with Crippen LogP contribution < -0.4 is 5.32 Å². The van der Waals surface area contributed by atoms with E-state index in [0.29, 0.717) is 24.4 Å². The van der Waals surface area contributed by atoms with Crippen LogP contribution >= 0.6 is 0 Å². The van der Waals surface area contributed by atoms with E-state index in [1.54, 1.807) is 0 Å². The molecule has 0 radical (unpaired) electrons. The number of likely N-dealkylation sites (tertiary alicyclic amines) is 1. The van der Waals surface area contributed by atoms with Crippen molar-refractivity contribution in [1.29, 1.82) is 0 Å². The highest BCUT2D eigenvalue weighted by molar-refractivity contribution is 5.78. The summed E-state index contributed by atoms with van der Waals surface area (Å²) in [7, 11) is 0. The lowest BCUT2D eigenvalue weighted by molar-refractivity contribution is -0.135. The molecule has 0 aromatic heterocycles. The Labute approximate surface area is 151 Å². The van der Waals surface area contributed by atoms with Gasteiger partial charge in [-0.25, -0.2) is 4.79 Å². The number of piperazine rings is 1. The maximum Gasteiger partial charge on any atom is 0.317 e. The van der Waals surface area contributed by atoms with Crippen LogP contribution in [0.15, 0.2) is 0 Å². The first-order chi connectivity index (χ1) is 12.0. The van der Waals surface area contributed by atoms with Crippen LogP contribution in [0.1, 0.15) is 46.0 Å². The van der Waals surface area contributed by atoms with E-state index in [-0.39, 0.29) is 11.9 Å².